The number of aryl methyl sites for hydroxylation is 1. The van der Waals surface area contributed by atoms with Crippen LogP contribution in [0.5, 0.6) is 0 Å². The Morgan fingerprint density at radius 2 is 1.94 bits per heavy atom. The Balaban J connectivity index is 1.82. The standard InChI is InChI=1S/C13H20N4/c1-9-6-12(16-13(14-2)15-9)17-7-10-4-3-5-11(10)8-17/h6,10-11H,3-5,7-8H2,1-2H3,(H,14,15,16). The molecule has 0 radical (unpaired) electrons. The van der Waals surface area contributed by atoms with E-state index in [1.807, 2.05) is 14.0 Å². The molecule has 0 spiro atoms. The van der Waals surface area contributed by atoms with E-state index in [-0.39, 0.29) is 0 Å². The van der Waals surface area contributed by atoms with Crippen LogP contribution in [0.3, 0.4) is 0 Å². The topological polar surface area (TPSA) is 41.1 Å². The molecule has 1 saturated carbocycles. The lowest BCUT2D eigenvalue weighted by Crippen LogP contribution is -2.22. The van der Waals surface area contributed by atoms with E-state index in [4.69, 9.17) is 0 Å². The molecule has 2 heterocycles. The Morgan fingerprint density at radius 1 is 1.24 bits per heavy atom. The molecule has 1 aromatic rings. The number of aromatic nitrogens is 2. The van der Waals surface area contributed by atoms with Gasteiger partial charge in [0, 0.05) is 31.9 Å². The van der Waals surface area contributed by atoms with Gasteiger partial charge in [-0.05, 0) is 31.6 Å². The minimum Gasteiger partial charge on any atom is -0.357 e. The van der Waals surface area contributed by atoms with Crippen LogP contribution >= 0.6 is 0 Å². The molecule has 1 N–H and O–H groups in total. The normalized spacial score (nSPS) is 27.3. The lowest BCUT2D eigenvalue weighted by atomic mass is 10.0. The van der Waals surface area contributed by atoms with Crippen molar-refractivity contribution in [1.82, 2.24) is 9.97 Å². The first-order chi connectivity index (χ1) is 8.26. The van der Waals surface area contributed by atoms with Crippen molar-refractivity contribution in [3.63, 3.8) is 0 Å². The van der Waals surface area contributed by atoms with E-state index in [9.17, 15) is 0 Å². The number of nitrogens with zero attached hydrogens (tertiary/aromatic N) is 3. The summed E-state index contributed by atoms with van der Waals surface area (Å²) < 4.78 is 0. The number of fused-ring (bicyclic) bond motifs is 1. The van der Waals surface area contributed by atoms with Crippen LogP contribution < -0.4 is 10.2 Å². The van der Waals surface area contributed by atoms with Crippen molar-refractivity contribution in [2.24, 2.45) is 11.8 Å². The summed E-state index contributed by atoms with van der Waals surface area (Å²) in [5.41, 5.74) is 1.04. The van der Waals surface area contributed by atoms with Crippen molar-refractivity contribution in [3.8, 4) is 0 Å². The minimum absolute atomic E-state index is 0.733. The Kier molecular flexibility index (Phi) is 2.65. The molecule has 1 saturated heterocycles. The maximum Gasteiger partial charge on any atom is 0.224 e. The van der Waals surface area contributed by atoms with Crippen LogP contribution in [0.15, 0.2) is 6.07 Å². The molecule has 4 heteroatoms. The van der Waals surface area contributed by atoms with E-state index in [0.717, 1.165) is 29.3 Å². The number of rotatable bonds is 2. The van der Waals surface area contributed by atoms with Crippen LogP contribution in [0, 0.1) is 18.8 Å². The molecule has 4 nitrogen and oxygen atoms in total. The fourth-order valence-corrected chi connectivity index (χ4v) is 3.25. The van der Waals surface area contributed by atoms with Gasteiger partial charge in [-0.2, -0.15) is 4.98 Å². The van der Waals surface area contributed by atoms with Gasteiger partial charge in [-0.15, -0.1) is 0 Å². The highest BCUT2D eigenvalue weighted by Crippen LogP contribution is 2.39. The summed E-state index contributed by atoms with van der Waals surface area (Å²) in [5, 5.41) is 3.03. The molecule has 0 amide bonds. The highest BCUT2D eigenvalue weighted by atomic mass is 15.2. The first-order valence-corrected chi connectivity index (χ1v) is 6.54. The van der Waals surface area contributed by atoms with Crippen LogP contribution in [-0.4, -0.2) is 30.1 Å². The summed E-state index contributed by atoms with van der Waals surface area (Å²) in [5.74, 6) is 3.64. The molecule has 2 aliphatic rings. The van der Waals surface area contributed by atoms with Crippen LogP contribution in [0.1, 0.15) is 25.0 Å². The molecule has 2 fully saturated rings. The molecule has 17 heavy (non-hydrogen) atoms. The Bertz CT molecular complexity index is 406. The van der Waals surface area contributed by atoms with Gasteiger partial charge in [-0.25, -0.2) is 4.98 Å². The maximum atomic E-state index is 4.57. The quantitative estimate of drug-likeness (QED) is 0.847. The third-order valence-corrected chi connectivity index (χ3v) is 4.11. The summed E-state index contributed by atoms with van der Waals surface area (Å²) in [6.07, 6.45) is 4.24. The lowest BCUT2D eigenvalue weighted by Gasteiger charge is -2.19. The predicted octanol–water partition coefficient (Wildman–Crippen LogP) is 2.06. The summed E-state index contributed by atoms with van der Waals surface area (Å²) in [6, 6.07) is 2.10. The smallest absolute Gasteiger partial charge is 0.224 e. The van der Waals surface area contributed by atoms with Crippen LogP contribution in [-0.2, 0) is 0 Å². The molecule has 92 valence electrons. The van der Waals surface area contributed by atoms with Crippen molar-refractivity contribution in [2.75, 3.05) is 30.4 Å². The molecule has 0 bridgehead atoms. The average Bonchev–Trinajstić information content (AvgIpc) is 2.88. The molecular formula is C13H20N4. The summed E-state index contributed by atoms with van der Waals surface area (Å²) in [7, 11) is 1.87. The van der Waals surface area contributed by atoms with Crippen LogP contribution in [0.2, 0.25) is 0 Å². The first kappa shape index (κ1) is 10.8. The van der Waals surface area contributed by atoms with Gasteiger partial charge in [0.25, 0.3) is 0 Å². The second-order valence-electron chi connectivity index (χ2n) is 5.30. The molecule has 0 aromatic carbocycles. The second-order valence-corrected chi connectivity index (χ2v) is 5.30. The molecule has 2 atom stereocenters. The van der Waals surface area contributed by atoms with Crippen LogP contribution in [0.4, 0.5) is 11.8 Å². The van der Waals surface area contributed by atoms with E-state index in [0.29, 0.717) is 0 Å². The molecule has 3 rings (SSSR count). The number of hydrogen-bond donors (Lipinski definition) is 1. The van der Waals surface area contributed by atoms with Gasteiger partial charge in [0.2, 0.25) is 5.95 Å². The van der Waals surface area contributed by atoms with Gasteiger partial charge in [-0.1, -0.05) is 6.42 Å². The minimum atomic E-state index is 0.733. The number of hydrogen-bond acceptors (Lipinski definition) is 4. The zero-order valence-corrected chi connectivity index (χ0v) is 10.6. The van der Waals surface area contributed by atoms with E-state index in [1.54, 1.807) is 0 Å². The lowest BCUT2D eigenvalue weighted by molar-refractivity contribution is 0.494. The van der Waals surface area contributed by atoms with Crippen molar-refractivity contribution >= 4 is 11.8 Å². The second kappa shape index (κ2) is 4.17. The average molecular weight is 232 g/mol. The zero-order valence-electron chi connectivity index (χ0n) is 10.6. The van der Waals surface area contributed by atoms with Gasteiger partial charge in [-0.3, -0.25) is 0 Å². The van der Waals surface area contributed by atoms with Gasteiger partial charge in [0.15, 0.2) is 0 Å². The van der Waals surface area contributed by atoms with Crippen LogP contribution in [0.25, 0.3) is 0 Å². The number of nitrogens with one attached hydrogen (secondary N) is 1. The van der Waals surface area contributed by atoms with Crippen molar-refractivity contribution in [3.05, 3.63) is 11.8 Å². The van der Waals surface area contributed by atoms with Gasteiger partial charge in [0.1, 0.15) is 5.82 Å². The zero-order chi connectivity index (χ0) is 11.8. The Morgan fingerprint density at radius 3 is 2.59 bits per heavy atom. The summed E-state index contributed by atoms with van der Waals surface area (Å²) in [4.78, 5) is 11.3. The SMILES string of the molecule is CNc1nc(C)cc(N2CC3CCCC3C2)n1. The first-order valence-electron chi connectivity index (χ1n) is 6.54. The highest BCUT2D eigenvalue weighted by molar-refractivity contribution is 5.45. The molecule has 1 aliphatic carbocycles. The monoisotopic (exact) mass is 232 g/mol. The predicted molar refractivity (Wildman–Crippen MR) is 69.4 cm³/mol. The molecule has 2 unspecified atom stereocenters. The van der Waals surface area contributed by atoms with Crippen molar-refractivity contribution < 1.29 is 0 Å². The van der Waals surface area contributed by atoms with E-state index in [2.05, 4.69) is 26.3 Å². The van der Waals surface area contributed by atoms with Crippen molar-refractivity contribution in [2.45, 2.75) is 26.2 Å². The van der Waals surface area contributed by atoms with Gasteiger partial charge < -0.3 is 10.2 Å². The van der Waals surface area contributed by atoms with E-state index < -0.39 is 0 Å². The largest absolute Gasteiger partial charge is 0.357 e. The van der Waals surface area contributed by atoms with E-state index in [1.165, 1.54) is 32.4 Å². The maximum absolute atomic E-state index is 4.57. The highest BCUT2D eigenvalue weighted by Gasteiger charge is 2.36. The third-order valence-electron chi connectivity index (χ3n) is 4.11. The molecule has 1 aromatic heterocycles. The summed E-state index contributed by atoms with van der Waals surface area (Å²) >= 11 is 0. The Hall–Kier alpha value is -1.32. The fourth-order valence-electron chi connectivity index (χ4n) is 3.25. The molecular weight excluding hydrogens is 212 g/mol. The van der Waals surface area contributed by atoms with E-state index >= 15 is 0 Å². The fraction of sp³-hybridized carbons (Fsp3) is 0.692. The molecule has 1 aliphatic heterocycles. The third kappa shape index (κ3) is 1.96. The van der Waals surface area contributed by atoms with Gasteiger partial charge in [0.05, 0.1) is 0 Å². The van der Waals surface area contributed by atoms with Gasteiger partial charge >= 0.3 is 0 Å². The number of anilines is 2. The summed E-state index contributed by atoms with van der Waals surface area (Å²) in [6.45, 7) is 4.40. The Labute approximate surface area is 102 Å². The van der Waals surface area contributed by atoms with Crippen molar-refractivity contribution in [1.29, 1.82) is 0 Å².